The van der Waals surface area contributed by atoms with Crippen molar-refractivity contribution in [2.45, 2.75) is 18.9 Å². The van der Waals surface area contributed by atoms with Crippen LogP contribution in [0.4, 0.5) is 4.39 Å². The van der Waals surface area contributed by atoms with E-state index in [9.17, 15) is 14.0 Å². The molecule has 6 nitrogen and oxygen atoms in total. The topological polar surface area (TPSA) is 78.1 Å². The van der Waals surface area contributed by atoms with E-state index < -0.39 is 11.9 Å². The van der Waals surface area contributed by atoms with Crippen molar-refractivity contribution in [3.8, 4) is 0 Å². The second kappa shape index (κ2) is 8.67. The molecular weight excluding hydrogens is 407 g/mol. The van der Waals surface area contributed by atoms with Gasteiger partial charge in [-0.15, -0.1) is 0 Å². The Labute approximate surface area is 177 Å². The van der Waals surface area contributed by atoms with Crippen molar-refractivity contribution in [3.63, 3.8) is 0 Å². The van der Waals surface area contributed by atoms with Crippen LogP contribution in [-0.2, 0) is 11.2 Å². The minimum Gasteiger partial charge on any atom is -0.339 e. The molecule has 0 saturated heterocycles. The maximum Gasteiger partial charge on any atom is 0.268 e. The van der Waals surface area contributed by atoms with Gasteiger partial charge in [-0.1, -0.05) is 35.9 Å². The molecule has 0 unspecified atom stereocenters. The standard InChI is InChI=1S/C22H20ClFN4O2/c23-16-11-15-12-18(26-20(15)25-13-16)21(29)27-19(10-14-4-6-17(24)7-5-14)22(30)28-8-2-1-3-9-28/h1-2,4-7,11-13,19H,3,8-10H2,(H,25,26)(H,27,29)/t19-/m0/s1. The summed E-state index contributed by atoms with van der Waals surface area (Å²) in [6.07, 6.45) is 6.49. The molecule has 8 heteroatoms. The Morgan fingerprint density at radius 2 is 2.03 bits per heavy atom. The zero-order chi connectivity index (χ0) is 21.1. The van der Waals surface area contributed by atoms with Gasteiger partial charge in [-0.2, -0.15) is 0 Å². The molecule has 0 aliphatic carbocycles. The molecule has 3 heterocycles. The van der Waals surface area contributed by atoms with E-state index in [1.165, 1.54) is 18.3 Å². The van der Waals surface area contributed by atoms with Crippen molar-refractivity contribution in [3.05, 3.63) is 76.8 Å². The number of benzene rings is 1. The highest BCUT2D eigenvalue weighted by Gasteiger charge is 2.27. The summed E-state index contributed by atoms with van der Waals surface area (Å²) in [6, 6.07) is 8.49. The molecule has 0 saturated carbocycles. The van der Waals surface area contributed by atoms with Crippen molar-refractivity contribution < 1.29 is 14.0 Å². The fraction of sp³-hybridized carbons (Fsp3) is 0.227. The van der Waals surface area contributed by atoms with Crippen LogP contribution in [0.15, 0.2) is 54.7 Å². The van der Waals surface area contributed by atoms with Gasteiger partial charge in [0.05, 0.1) is 5.02 Å². The van der Waals surface area contributed by atoms with Crippen LogP contribution in [0.5, 0.6) is 0 Å². The summed E-state index contributed by atoms with van der Waals surface area (Å²) in [6.45, 7) is 1.10. The van der Waals surface area contributed by atoms with E-state index in [0.717, 1.165) is 12.0 Å². The molecular formula is C22H20ClFN4O2. The SMILES string of the molecule is O=C(N[C@@H](Cc1ccc(F)cc1)C(=O)N1CC=CCC1)c1cc2cc(Cl)cnc2[nH]1. The molecule has 3 aromatic rings. The maximum absolute atomic E-state index is 13.3. The molecule has 4 rings (SSSR count). The zero-order valence-corrected chi connectivity index (χ0v) is 16.8. The molecule has 1 aliphatic rings. The minimum atomic E-state index is -0.780. The number of hydrogen-bond acceptors (Lipinski definition) is 3. The van der Waals surface area contributed by atoms with E-state index in [-0.39, 0.29) is 23.8 Å². The quantitative estimate of drug-likeness (QED) is 0.613. The summed E-state index contributed by atoms with van der Waals surface area (Å²) in [4.78, 5) is 34.8. The number of pyridine rings is 1. The lowest BCUT2D eigenvalue weighted by atomic mass is 10.0. The predicted octanol–water partition coefficient (Wildman–Crippen LogP) is 3.49. The monoisotopic (exact) mass is 426 g/mol. The third-order valence-corrected chi connectivity index (χ3v) is 5.21. The predicted molar refractivity (Wildman–Crippen MR) is 113 cm³/mol. The van der Waals surface area contributed by atoms with E-state index in [0.29, 0.717) is 29.1 Å². The summed E-state index contributed by atoms with van der Waals surface area (Å²) < 4.78 is 13.3. The number of H-pyrrole nitrogens is 1. The first kappa shape index (κ1) is 20.1. The molecule has 2 aromatic heterocycles. The van der Waals surface area contributed by atoms with Gasteiger partial charge >= 0.3 is 0 Å². The normalized spacial score (nSPS) is 14.7. The van der Waals surface area contributed by atoms with Crippen LogP contribution in [0, 0.1) is 5.82 Å². The lowest BCUT2D eigenvalue weighted by Crippen LogP contribution is -2.50. The van der Waals surface area contributed by atoms with Crippen LogP contribution in [0.3, 0.4) is 0 Å². The molecule has 154 valence electrons. The average molecular weight is 427 g/mol. The Balaban J connectivity index is 1.56. The van der Waals surface area contributed by atoms with Crippen LogP contribution in [0.25, 0.3) is 11.0 Å². The number of carbonyl (C=O) groups is 2. The highest BCUT2D eigenvalue weighted by molar-refractivity contribution is 6.31. The van der Waals surface area contributed by atoms with Crippen molar-refractivity contribution >= 4 is 34.4 Å². The molecule has 1 atom stereocenters. The fourth-order valence-electron chi connectivity index (χ4n) is 3.46. The fourth-order valence-corrected chi connectivity index (χ4v) is 3.63. The number of amides is 2. The van der Waals surface area contributed by atoms with Gasteiger partial charge < -0.3 is 15.2 Å². The van der Waals surface area contributed by atoms with E-state index in [1.807, 2.05) is 12.2 Å². The number of rotatable bonds is 5. The zero-order valence-electron chi connectivity index (χ0n) is 16.1. The number of aromatic nitrogens is 2. The summed E-state index contributed by atoms with van der Waals surface area (Å²) in [5, 5.41) is 4.00. The van der Waals surface area contributed by atoms with Crippen molar-refractivity contribution in [1.29, 1.82) is 0 Å². The molecule has 0 radical (unpaired) electrons. The number of nitrogens with zero attached hydrogens (tertiary/aromatic N) is 2. The highest BCUT2D eigenvalue weighted by Crippen LogP contribution is 2.18. The lowest BCUT2D eigenvalue weighted by Gasteiger charge is -2.28. The van der Waals surface area contributed by atoms with Gasteiger partial charge in [0.2, 0.25) is 5.91 Å². The highest BCUT2D eigenvalue weighted by atomic mass is 35.5. The van der Waals surface area contributed by atoms with E-state index in [4.69, 9.17) is 11.6 Å². The summed E-state index contributed by atoms with van der Waals surface area (Å²) in [7, 11) is 0. The van der Waals surface area contributed by atoms with Gasteiger partial charge in [0.1, 0.15) is 23.2 Å². The van der Waals surface area contributed by atoms with Crippen LogP contribution in [0.1, 0.15) is 22.5 Å². The number of nitrogens with one attached hydrogen (secondary N) is 2. The molecule has 2 N–H and O–H groups in total. The van der Waals surface area contributed by atoms with Crippen LogP contribution in [0.2, 0.25) is 5.02 Å². The smallest absolute Gasteiger partial charge is 0.268 e. The first-order valence-electron chi connectivity index (χ1n) is 9.63. The van der Waals surface area contributed by atoms with Crippen LogP contribution < -0.4 is 5.32 Å². The van der Waals surface area contributed by atoms with Gasteiger partial charge in [0.25, 0.3) is 5.91 Å². The Morgan fingerprint density at radius 1 is 1.23 bits per heavy atom. The summed E-state index contributed by atoms with van der Waals surface area (Å²) >= 11 is 5.96. The van der Waals surface area contributed by atoms with Crippen molar-refractivity contribution in [1.82, 2.24) is 20.2 Å². The van der Waals surface area contributed by atoms with Crippen LogP contribution in [-0.4, -0.2) is 45.8 Å². The molecule has 2 amide bonds. The molecule has 30 heavy (non-hydrogen) atoms. The Bertz CT molecular complexity index is 1110. The summed E-state index contributed by atoms with van der Waals surface area (Å²) in [5.41, 5.74) is 1.58. The largest absolute Gasteiger partial charge is 0.339 e. The molecule has 1 aromatic carbocycles. The van der Waals surface area contributed by atoms with E-state index in [2.05, 4.69) is 15.3 Å². The van der Waals surface area contributed by atoms with Gasteiger partial charge in [0.15, 0.2) is 0 Å². The lowest BCUT2D eigenvalue weighted by molar-refractivity contribution is -0.132. The Hall–Kier alpha value is -3.19. The second-order valence-electron chi connectivity index (χ2n) is 7.18. The Morgan fingerprint density at radius 3 is 2.77 bits per heavy atom. The number of aromatic amines is 1. The Kier molecular flexibility index (Phi) is 5.81. The summed E-state index contributed by atoms with van der Waals surface area (Å²) in [5.74, 6) is -0.942. The minimum absolute atomic E-state index is 0.172. The van der Waals surface area contributed by atoms with Crippen molar-refractivity contribution in [2.75, 3.05) is 13.1 Å². The average Bonchev–Trinajstić information content (AvgIpc) is 3.18. The van der Waals surface area contributed by atoms with E-state index >= 15 is 0 Å². The maximum atomic E-state index is 13.3. The van der Waals surface area contributed by atoms with Gasteiger partial charge in [0, 0.05) is 31.1 Å². The molecule has 1 aliphatic heterocycles. The first-order valence-corrected chi connectivity index (χ1v) is 10.0. The van der Waals surface area contributed by atoms with Gasteiger partial charge in [-0.05, 0) is 36.2 Å². The molecule has 0 fully saturated rings. The third-order valence-electron chi connectivity index (χ3n) is 5.01. The second-order valence-corrected chi connectivity index (χ2v) is 7.61. The number of hydrogen-bond donors (Lipinski definition) is 2. The van der Waals surface area contributed by atoms with Crippen molar-refractivity contribution in [2.24, 2.45) is 0 Å². The third kappa shape index (κ3) is 4.52. The first-order chi connectivity index (χ1) is 14.5. The number of fused-ring (bicyclic) bond motifs is 1. The van der Waals surface area contributed by atoms with Gasteiger partial charge in [-0.25, -0.2) is 9.37 Å². The van der Waals surface area contributed by atoms with E-state index in [1.54, 1.807) is 29.2 Å². The molecule has 0 spiro atoms. The molecule has 0 bridgehead atoms. The van der Waals surface area contributed by atoms with Crippen LogP contribution >= 0.6 is 11.6 Å². The number of carbonyl (C=O) groups excluding carboxylic acids is 2. The number of halogens is 2. The van der Waals surface area contributed by atoms with Gasteiger partial charge in [-0.3, -0.25) is 9.59 Å².